The SMILES string of the molecule is NC1CCN(CC(=O)C2CCCC2)C1. The van der Waals surface area contributed by atoms with Gasteiger partial charge in [-0.3, -0.25) is 9.69 Å². The van der Waals surface area contributed by atoms with E-state index < -0.39 is 0 Å². The van der Waals surface area contributed by atoms with E-state index in [-0.39, 0.29) is 0 Å². The minimum absolute atomic E-state index is 0.298. The van der Waals surface area contributed by atoms with E-state index in [0.29, 0.717) is 24.3 Å². The highest BCUT2D eigenvalue weighted by atomic mass is 16.1. The minimum atomic E-state index is 0.298. The van der Waals surface area contributed by atoms with Crippen molar-refractivity contribution in [2.24, 2.45) is 11.7 Å². The Morgan fingerprint density at radius 2 is 2.00 bits per heavy atom. The molecule has 3 heteroatoms. The number of nitrogens with two attached hydrogens (primary N) is 1. The molecule has 0 aromatic carbocycles. The molecule has 0 amide bonds. The third-order valence-corrected chi connectivity index (χ3v) is 3.50. The molecule has 2 aliphatic rings. The van der Waals surface area contributed by atoms with E-state index in [4.69, 9.17) is 5.73 Å². The van der Waals surface area contributed by atoms with Crippen LogP contribution in [0.3, 0.4) is 0 Å². The Kier molecular flexibility index (Phi) is 3.19. The lowest BCUT2D eigenvalue weighted by Crippen LogP contribution is -2.33. The molecule has 0 spiro atoms. The molecule has 80 valence electrons. The predicted molar refractivity (Wildman–Crippen MR) is 56.0 cm³/mol. The summed E-state index contributed by atoms with van der Waals surface area (Å²) in [6.07, 6.45) is 5.79. The van der Waals surface area contributed by atoms with Gasteiger partial charge in [0.25, 0.3) is 0 Å². The highest BCUT2D eigenvalue weighted by molar-refractivity contribution is 5.83. The molecule has 1 aliphatic carbocycles. The zero-order valence-corrected chi connectivity index (χ0v) is 8.74. The van der Waals surface area contributed by atoms with E-state index in [1.165, 1.54) is 12.8 Å². The van der Waals surface area contributed by atoms with Crippen LogP contribution in [0, 0.1) is 5.92 Å². The number of hydrogen-bond donors (Lipinski definition) is 1. The monoisotopic (exact) mass is 196 g/mol. The number of Topliss-reactive ketones (excluding diaryl/α,β-unsaturated/α-hetero) is 1. The Morgan fingerprint density at radius 1 is 1.29 bits per heavy atom. The van der Waals surface area contributed by atoms with Gasteiger partial charge in [-0.15, -0.1) is 0 Å². The molecular weight excluding hydrogens is 176 g/mol. The van der Waals surface area contributed by atoms with Crippen LogP contribution < -0.4 is 5.73 Å². The molecular formula is C11H20N2O. The fourth-order valence-corrected chi connectivity index (χ4v) is 2.60. The van der Waals surface area contributed by atoms with Crippen LogP contribution in [0.4, 0.5) is 0 Å². The molecule has 1 heterocycles. The largest absolute Gasteiger partial charge is 0.326 e. The van der Waals surface area contributed by atoms with Crippen LogP contribution in [0.15, 0.2) is 0 Å². The van der Waals surface area contributed by atoms with Gasteiger partial charge in [0.15, 0.2) is 0 Å². The predicted octanol–water partition coefficient (Wildman–Crippen LogP) is 0.779. The first-order chi connectivity index (χ1) is 6.75. The van der Waals surface area contributed by atoms with Crippen molar-refractivity contribution in [3.05, 3.63) is 0 Å². The first-order valence-electron chi connectivity index (χ1n) is 5.76. The number of hydrogen-bond acceptors (Lipinski definition) is 3. The molecule has 2 fully saturated rings. The van der Waals surface area contributed by atoms with Gasteiger partial charge in [0.2, 0.25) is 0 Å². The van der Waals surface area contributed by atoms with Crippen LogP contribution >= 0.6 is 0 Å². The van der Waals surface area contributed by atoms with Crippen molar-refractivity contribution in [2.45, 2.75) is 38.1 Å². The molecule has 3 nitrogen and oxygen atoms in total. The van der Waals surface area contributed by atoms with E-state index in [2.05, 4.69) is 4.90 Å². The van der Waals surface area contributed by atoms with Crippen molar-refractivity contribution in [1.29, 1.82) is 0 Å². The maximum Gasteiger partial charge on any atom is 0.149 e. The molecule has 14 heavy (non-hydrogen) atoms. The van der Waals surface area contributed by atoms with Gasteiger partial charge in [-0.25, -0.2) is 0 Å². The molecule has 1 atom stereocenters. The zero-order chi connectivity index (χ0) is 9.97. The second kappa shape index (κ2) is 4.41. The molecule has 0 radical (unpaired) electrons. The number of ketones is 1. The average molecular weight is 196 g/mol. The minimum Gasteiger partial charge on any atom is -0.326 e. The van der Waals surface area contributed by atoms with Crippen LogP contribution in [0.25, 0.3) is 0 Å². The van der Waals surface area contributed by atoms with Crippen molar-refractivity contribution in [3.8, 4) is 0 Å². The van der Waals surface area contributed by atoms with Gasteiger partial charge in [0.1, 0.15) is 5.78 Å². The summed E-state index contributed by atoms with van der Waals surface area (Å²) in [5, 5.41) is 0. The fraction of sp³-hybridized carbons (Fsp3) is 0.909. The van der Waals surface area contributed by atoms with E-state index >= 15 is 0 Å². The van der Waals surface area contributed by atoms with Crippen LogP contribution in [0.2, 0.25) is 0 Å². The Morgan fingerprint density at radius 3 is 2.57 bits per heavy atom. The maximum atomic E-state index is 11.8. The Bertz CT molecular complexity index is 211. The van der Waals surface area contributed by atoms with Gasteiger partial charge < -0.3 is 5.73 Å². The second-order valence-corrected chi connectivity index (χ2v) is 4.73. The smallest absolute Gasteiger partial charge is 0.149 e. The summed E-state index contributed by atoms with van der Waals surface area (Å²) in [6.45, 7) is 2.58. The number of carbonyl (C=O) groups is 1. The van der Waals surface area contributed by atoms with Crippen molar-refractivity contribution < 1.29 is 4.79 Å². The van der Waals surface area contributed by atoms with E-state index in [1.807, 2.05) is 0 Å². The van der Waals surface area contributed by atoms with Crippen LogP contribution in [-0.2, 0) is 4.79 Å². The molecule has 1 saturated heterocycles. The van der Waals surface area contributed by atoms with Gasteiger partial charge in [0.05, 0.1) is 6.54 Å². The van der Waals surface area contributed by atoms with Gasteiger partial charge in [0, 0.05) is 25.0 Å². The van der Waals surface area contributed by atoms with Crippen LogP contribution in [-0.4, -0.2) is 36.4 Å². The van der Waals surface area contributed by atoms with Crippen LogP contribution in [0.5, 0.6) is 0 Å². The summed E-state index contributed by atoms with van der Waals surface area (Å²) < 4.78 is 0. The normalized spacial score (nSPS) is 29.9. The maximum absolute atomic E-state index is 11.8. The summed E-state index contributed by atoms with van der Waals surface area (Å²) in [5.74, 6) is 0.823. The first-order valence-corrected chi connectivity index (χ1v) is 5.76. The van der Waals surface area contributed by atoms with E-state index in [9.17, 15) is 4.79 Å². The van der Waals surface area contributed by atoms with Crippen molar-refractivity contribution in [1.82, 2.24) is 4.90 Å². The van der Waals surface area contributed by atoms with Crippen LogP contribution in [0.1, 0.15) is 32.1 Å². The van der Waals surface area contributed by atoms with E-state index in [0.717, 1.165) is 32.4 Å². The molecule has 1 unspecified atom stereocenters. The molecule has 2 N–H and O–H groups in total. The number of likely N-dealkylation sites (tertiary alicyclic amines) is 1. The summed E-state index contributed by atoms with van der Waals surface area (Å²) in [4.78, 5) is 14.0. The average Bonchev–Trinajstić information content (AvgIpc) is 2.75. The summed E-state index contributed by atoms with van der Waals surface area (Å²) in [6, 6.07) is 0.298. The molecule has 0 aromatic heterocycles. The fourth-order valence-electron chi connectivity index (χ4n) is 2.60. The molecule has 1 saturated carbocycles. The summed E-state index contributed by atoms with van der Waals surface area (Å²) in [7, 11) is 0. The molecule has 2 rings (SSSR count). The topological polar surface area (TPSA) is 46.3 Å². The standard InChI is InChI=1S/C11H20N2O/c12-10-5-6-13(7-10)8-11(14)9-3-1-2-4-9/h9-10H,1-8,12H2. The molecule has 0 bridgehead atoms. The van der Waals surface area contributed by atoms with E-state index in [1.54, 1.807) is 0 Å². The summed E-state index contributed by atoms with van der Waals surface area (Å²) >= 11 is 0. The second-order valence-electron chi connectivity index (χ2n) is 4.73. The third kappa shape index (κ3) is 2.34. The number of carbonyl (C=O) groups excluding carboxylic acids is 1. The lowest BCUT2D eigenvalue weighted by molar-refractivity contribution is -0.123. The Labute approximate surface area is 85.6 Å². The quantitative estimate of drug-likeness (QED) is 0.725. The highest BCUT2D eigenvalue weighted by Gasteiger charge is 2.26. The van der Waals surface area contributed by atoms with Crippen molar-refractivity contribution in [3.63, 3.8) is 0 Å². The molecule has 0 aromatic rings. The number of nitrogens with zero attached hydrogens (tertiary/aromatic N) is 1. The summed E-state index contributed by atoms with van der Waals surface area (Å²) in [5.41, 5.74) is 5.80. The lowest BCUT2D eigenvalue weighted by atomic mass is 10.0. The van der Waals surface area contributed by atoms with Crippen molar-refractivity contribution in [2.75, 3.05) is 19.6 Å². The third-order valence-electron chi connectivity index (χ3n) is 3.50. The first kappa shape index (κ1) is 10.1. The lowest BCUT2D eigenvalue weighted by Gasteiger charge is -2.16. The van der Waals surface area contributed by atoms with Gasteiger partial charge >= 0.3 is 0 Å². The zero-order valence-electron chi connectivity index (χ0n) is 8.74. The highest BCUT2D eigenvalue weighted by Crippen LogP contribution is 2.25. The Balaban J connectivity index is 1.76. The number of rotatable bonds is 3. The van der Waals surface area contributed by atoms with Gasteiger partial charge in [-0.1, -0.05) is 12.8 Å². The van der Waals surface area contributed by atoms with Crippen molar-refractivity contribution >= 4 is 5.78 Å². The van der Waals surface area contributed by atoms with Gasteiger partial charge in [-0.05, 0) is 19.3 Å². The molecule has 1 aliphatic heterocycles. The Hall–Kier alpha value is -0.410. The van der Waals surface area contributed by atoms with Gasteiger partial charge in [-0.2, -0.15) is 0 Å².